The van der Waals surface area contributed by atoms with Gasteiger partial charge in [0.2, 0.25) is 0 Å². The van der Waals surface area contributed by atoms with Gasteiger partial charge in [0.05, 0.1) is 11.1 Å². The van der Waals surface area contributed by atoms with Gasteiger partial charge in [0.25, 0.3) is 5.91 Å². The zero-order valence-corrected chi connectivity index (χ0v) is 19.2. The fourth-order valence-electron chi connectivity index (χ4n) is 2.86. The first-order valence-corrected chi connectivity index (χ1v) is 10.7. The molecule has 1 amide bonds. The summed E-state index contributed by atoms with van der Waals surface area (Å²) < 4.78 is 38.3. The fraction of sp³-hybridized carbons (Fsp3) is 0.120. The van der Waals surface area contributed by atoms with Gasteiger partial charge in [0.1, 0.15) is 29.9 Å². The van der Waals surface area contributed by atoms with Crippen LogP contribution in [-0.4, -0.2) is 12.5 Å². The topological polar surface area (TPSA) is 71.3 Å². The van der Waals surface area contributed by atoms with E-state index >= 15 is 0 Å². The SMILES string of the molecule is CCOc1cc(/C=C(/C#N)C(=O)Nc2ccc(F)cc2)cc(Br)c1OCc1ccc(F)cc1. The average Bonchev–Trinajstić information content (AvgIpc) is 2.79. The maximum atomic E-state index is 13.1. The molecule has 0 saturated carbocycles. The van der Waals surface area contributed by atoms with Crippen LogP contribution in [0.3, 0.4) is 0 Å². The van der Waals surface area contributed by atoms with Gasteiger partial charge in [-0.15, -0.1) is 0 Å². The van der Waals surface area contributed by atoms with E-state index in [4.69, 9.17) is 9.47 Å². The lowest BCUT2D eigenvalue weighted by molar-refractivity contribution is -0.112. The molecule has 0 bridgehead atoms. The molecule has 0 spiro atoms. The van der Waals surface area contributed by atoms with Crippen LogP contribution in [0.15, 0.2) is 70.7 Å². The summed E-state index contributed by atoms with van der Waals surface area (Å²) in [6, 6.07) is 16.4. The highest BCUT2D eigenvalue weighted by atomic mass is 79.9. The Morgan fingerprint density at radius 2 is 1.70 bits per heavy atom. The molecule has 8 heteroatoms. The van der Waals surface area contributed by atoms with Crippen molar-refractivity contribution < 1.29 is 23.0 Å². The molecule has 0 fully saturated rings. The number of carbonyl (C=O) groups is 1. The van der Waals surface area contributed by atoms with Crippen molar-refractivity contribution in [2.45, 2.75) is 13.5 Å². The molecular weight excluding hydrogens is 494 g/mol. The van der Waals surface area contributed by atoms with Crippen LogP contribution in [0.25, 0.3) is 6.08 Å². The second-order valence-electron chi connectivity index (χ2n) is 6.81. The quantitative estimate of drug-likeness (QED) is 0.286. The number of benzene rings is 3. The van der Waals surface area contributed by atoms with Crippen molar-refractivity contribution in [1.82, 2.24) is 0 Å². The number of halogens is 3. The third-order valence-electron chi connectivity index (χ3n) is 4.41. The molecule has 168 valence electrons. The number of rotatable bonds is 8. The lowest BCUT2D eigenvalue weighted by Crippen LogP contribution is -2.13. The van der Waals surface area contributed by atoms with Gasteiger partial charge in [-0.2, -0.15) is 5.26 Å². The molecule has 33 heavy (non-hydrogen) atoms. The highest BCUT2D eigenvalue weighted by Crippen LogP contribution is 2.38. The van der Waals surface area contributed by atoms with E-state index < -0.39 is 11.7 Å². The van der Waals surface area contributed by atoms with E-state index in [-0.39, 0.29) is 18.0 Å². The largest absolute Gasteiger partial charge is 0.490 e. The molecule has 0 heterocycles. The van der Waals surface area contributed by atoms with Crippen LogP contribution >= 0.6 is 15.9 Å². The van der Waals surface area contributed by atoms with Crippen LogP contribution in [-0.2, 0) is 11.4 Å². The molecule has 0 unspecified atom stereocenters. The number of nitrogens with one attached hydrogen (secondary N) is 1. The van der Waals surface area contributed by atoms with E-state index in [0.717, 1.165) is 5.56 Å². The third kappa shape index (κ3) is 6.64. The normalized spacial score (nSPS) is 10.9. The molecule has 0 aromatic heterocycles. The first kappa shape index (κ1) is 24.0. The molecular formula is C25H19BrF2N2O3. The second-order valence-corrected chi connectivity index (χ2v) is 7.66. The van der Waals surface area contributed by atoms with Crippen LogP contribution in [0.5, 0.6) is 11.5 Å². The van der Waals surface area contributed by atoms with Crippen molar-refractivity contribution in [2.24, 2.45) is 0 Å². The number of nitrogens with zero attached hydrogens (tertiary/aromatic N) is 1. The van der Waals surface area contributed by atoms with E-state index in [2.05, 4.69) is 21.2 Å². The van der Waals surface area contributed by atoms with Gasteiger partial charge in [-0.3, -0.25) is 4.79 Å². The van der Waals surface area contributed by atoms with E-state index in [1.807, 2.05) is 13.0 Å². The number of carbonyl (C=O) groups excluding carboxylic acids is 1. The van der Waals surface area contributed by atoms with Crippen LogP contribution in [0.4, 0.5) is 14.5 Å². The smallest absolute Gasteiger partial charge is 0.266 e. The summed E-state index contributed by atoms with van der Waals surface area (Å²) >= 11 is 3.45. The highest BCUT2D eigenvalue weighted by Gasteiger charge is 2.15. The Balaban J connectivity index is 1.83. The van der Waals surface area contributed by atoms with Crippen molar-refractivity contribution in [3.63, 3.8) is 0 Å². The summed E-state index contributed by atoms with van der Waals surface area (Å²) in [6.07, 6.45) is 1.41. The Kier molecular flexibility index (Phi) is 8.17. The number of hydrogen-bond donors (Lipinski definition) is 1. The maximum absolute atomic E-state index is 13.1. The molecule has 3 aromatic rings. The van der Waals surface area contributed by atoms with Crippen molar-refractivity contribution >= 4 is 33.6 Å². The van der Waals surface area contributed by atoms with Gasteiger partial charge >= 0.3 is 0 Å². The molecule has 0 aliphatic carbocycles. The molecule has 0 saturated heterocycles. The van der Waals surface area contributed by atoms with E-state index in [1.165, 1.54) is 42.5 Å². The Morgan fingerprint density at radius 3 is 2.30 bits per heavy atom. The first-order chi connectivity index (χ1) is 15.9. The van der Waals surface area contributed by atoms with E-state index in [9.17, 15) is 18.8 Å². The van der Waals surface area contributed by atoms with Crippen LogP contribution in [0.1, 0.15) is 18.1 Å². The summed E-state index contributed by atoms with van der Waals surface area (Å²) in [5, 5.41) is 12.0. The van der Waals surface area contributed by atoms with Crippen LogP contribution in [0.2, 0.25) is 0 Å². The van der Waals surface area contributed by atoms with Gasteiger partial charge in [0, 0.05) is 5.69 Å². The number of amides is 1. The van der Waals surface area contributed by atoms with Crippen molar-refractivity contribution in [2.75, 3.05) is 11.9 Å². The minimum atomic E-state index is -0.630. The Morgan fingerprint density at radius 1 is 1.06 bits per heavy atom. The molecule has 0 aliphatic rings. The Hall–Kier alpha value is -3.70. The zero-order valence-electron chi connectivity index (χ0n) is 17.6. The van der Waals surface area contributed by atoms with Crippen LogP contribution in [0, 0.1) is 23.0 Å². The number of anilines is 1. The summed E-state index contributed by atoms with van der Waals surface area (Å²) in [5.74, 6) is -0.541. The van der Waals surface area contributed by atoms with E-state index in [1.54, 1.807) is 24.3 Å². The molecule has 1 N–H and O–H groups in total. The summed E-state index contributed by atoms with van der Waals surface area (Å²) in [7, 11) is 0. The molecule has 0 atom stereocenters. The predicted octanol–water partition coefficient (Wildman–Crippen LogP) is 6.25. The molecule has 3 rings (SSSR count). The zero-order chi connectivity index (χ0) is 23.8. The lowest BCUT2D eigenvalue weighted by Gasteiger charge is -2.15. The van der Waals surface area contributed by atoms with Gasteiger partial charge in [-0.25, -0.2) is 8.78 Å². The van der Waals surface area contributed by atoms with Gasteiger partial charge < -0.3 is 14.8 Å². The van der Waals surface area contributed by atoms with Crippen molar-refractivity contribution in [3.05, 3.63) is 93.5 Å². The molecule has 0 radical (unpaired) electrons. The minimum absolute atomic E-state index is 0.145. The predicted molar refractivity (Wildman–Crippen MR) is 125 cm³/mol. The third-order valence-corrected chi connectivity index (χ3v) is 5.00. The summed E-state index contributed by atoms with van der Waals surface area (Å²) in [5.41, 5.74) is 1.53. The number of nitriles is 1. The molecule has 0 aliphatic heterocycles. The monoisotopic (exact) mass is 512 g/mol. The fourth-order valence-corrected chi connectivity index (χ4v) is 3.43. The first-order valence-electron chi connectivity index (χ1n) is 9.92. The van der Waals surface area contributed by atoms with Gasteiger partial charge in [0.15, 0.2) is 11.5 Å². The maximum Gasteiger partial charge on any atom is 0.266 e. The van der Waals surface area contributed by atoms with Crippen LogP contribution < -0.4 is 14.8 Å². The summed E-state index contributed by atoms with van der Waals surface area (Å²) in [6.45, 7) is 2.37. The highest BCUT2D eigenvalue weighted by molar-refractivity contribution is 9.10. The second kappa shape index (κ2) is 11.2. The van der Waals surface area contributed by atoms with E-state index in [0.29, 0.717) is 33.8 Å². The molecule has 3 aromatic carbocycles. The van der Waals surface area contributed by atoms with Gasteiger partial charge in [-0.05, 0) is 88.6 Å². The number of ether oxygens (including phenoxy) is 2. The minimum Gasteiger partial charge on any atom is -0.490 e. The average molecular weight is 513 g/mol. The Labute approximate surface area is 198 Å². The van der Waals surface area contributed by atoms with Crippen molar-refractivity contribution in [1.29, 1.82) is 5.26 Å². The lowest BCUT2D eigenvalue weighted by atomic mass is 10.1. The summed E-state index contributed by atoms with van der Waals surface area (Å²) in [4.78, 5) is 12.5. The Bertz CT molecular complexity index is 1200. The number of hydrogen-bond acceptors (Lipinski definition) is 4. The standard InChI is InChI=1S/C25H19BrF2N2O3/c1-2-32-23-13-17(11-18(14-29)25(31)30-21-9-7-20(28)8-10-21)12-22(26)24(23)33-15-16-3-5-19(27)6-4-16/h3-13H,2,15H2,1H3,(H,30,31)/b18-11-. The van der Waals surface area contributed by atoms with Gasteiger partial charge in [-0.1, -0.05) is 12.1 Å². The molecule has 5 nitrogen and oxygen atoms in total. The van der Waals surface area contributed by atoms with Crippen molar-refractivity contribution in [3.8, 4) is 17.6 Å².